The Labute approximate surface area is 118 Å². The molecule has 0 saturated carbocycles. The molecular formula is C10H6BrF2N3O2S. The number of nitrogens with zero attached hydrogens (tertiary/aromatic N) is 3. The maximum atomic E-state index is 13.7. The summed E-state index contributed by atoms with van der Waals surface area (Å²) in [7, 11) is 0. The number of carbonyl (C=O) groups is 1. The van der Waals surface area contributed by atoms with Gasteiger partial charge < -0.3 is 5.11 Å². The fourth-order valence-corrected chi connectivity index (χ4v) is 2.28. The van der Waals surface area contributed by atoms with Gasteiger partial charge in [0, 0.05) is 6.07 Å². The number of aromatic nitrogens is 3. The molecule has 1 aromatic carbocycles. The Balaban J connectivity index is 2.40. The second-order valence-electron chi connectivity index (χ2n) is 3.38. The summed E-state index contributed by atoms with van der Waals surface area (Å²) in [6, 6.07) is 1.96. The van der Waals surface area contributed by atoms with Crippen molar-refractivity contribution in [2.75, 3.05) is 5.75 Å². The van der Waals surface area contributed by atoms with E-state index < -0.39 is 17.6 Å². The molecule has 100 valence electrons. The molecule has 0 aliphatic rings. The van der Waals surface area contributed by atoms with Gasteiger partial charge in [-0.1, -0.05) is 11.8 Å². The second kappa shape index (κ2) is 5.66. The zero-order valence-electron chi connectivity index (χ0n) is 9.18. The van der Waals surface area contributed by atoms with E-state index in [1.807, 2.05) is 0 Å². The van der Waals surface area contributed by atoms with Crippen molar-refractivity contribution in [1.29, 1.82) is 0 Å². The number of benzene rings is 1. The molecule has 2 aromatic rings. The molecule has 19 heavy (non-hydrogen) atoms. The summed E-state index contributed by atoms with van der Waals surface area (Å²) in [5, 5.41) is 16.1. The van der Waals surface area contributed by atoms with Crippen LogP contribution in [0.1, 0.15) is 0 Å². The molecule has 0 spiro atoms. The molecule has 0 saturated heterocycles. The van der Waals surface area contributed by atoms with Gasteiger partial charge in [0.15, 0.2) is 5.16 Å². The molecular weight excluding hydrogens is 344 g/mol. The molecule has 0 unspecified atom stereocenters. The Morgan fingerprint density at radius 3 is 2.84 bits per heavy atom. The average molecular weight is 350 g/mol. The summed E-state index contributed by atoms with van der Waals surface area (Å²) in [6.07, 6.45) is 1.23. The smallest absolute Gasteiger partial charge is 0.313 e. The van der Waals surface area contributed by atoms with Gasteiger partial charge in [0.05, 0.1) is 15.9 Å². The van der Waals surface area contributed by atoms with Crippen LogP contribution in [-0.2, 0) is 4.79 Å². The van der Waals surface area contributed by atoms with E-state index in [9.17, 15) is 13.6 Å². The van der Waals surface area contributed by atoms with Gasteiger partial charge in [-0.2, -0.15) is 0 Å². The molecule has 1 N–H and O–H groups in total. The van der Waals surface area contributed by atoms with Gasteiger partial charge in [0.25, 0.3) is 0 Å². The molecule has 9 heteroatoms. The average Bonchev–Trinajstić information content (AvgIpc) is 2.79. The first-order chi connectivity index (χ1) is 8.99. The Kier molecular flexibility index (Phi) is 4.15. The van der Waals surface area contributed by atoms with Crippen LogP contribution < -0.4 is 0 Å². The Bertz CT molecular complexity index is 635. The number of thioether (sulfide) groups is 1. The SMILES string of the molecule is O=C(O)CSc1nncn1-c1cc(Br)c(F)cc1F. The van der Waals surface area contributed by atoms with Gasteiger partial charge in [-0.25, -0.2) is 8.78 Å². The van der Waals surface area contributed by atoms with Crippen molar-refractivity contribution in [3.05, 3.63) is 34.6 Å². The Morgan fingerprint density at radius 2 is 2.16 bits per heavy atom. The summed E-state index contributed by atoms with van der Waals surface area (Å²) in [5.41, 5.74) is 0.0335. The van der Waals surface area contributed by atoms with Crippen LogP contribution in [0.25, 0.3) is 5.69 Å². The fourth-order valence-electron chi connectivity index (χ4n) is 1.31. The highest BCUT2D eigenvalue weighted by atomic mass is 79.9. The third-order valence-electron chi connectivity index (χ3n) is 2.09. The standard InChI is InChI=1S/C10H6BrF2N3O2S/c11-5-1-8(7(13)2-6(5)12)16-4-14-15-10(16)19-3-9(17)18/h1-2,4H,3H2,(H,17,18). The van der Waals surface area contributed by atoms with Crippen molar-refractivity contribution in [2.45, 2.75) is 5.16 Å². The molecule has 1 aromatic heterocycles. The van der Waals surface area contributed by atoms with E-state index in [2.05, 4.69) is 26.1 Å². The molecule has 0 bridgehead atoms. The zero-order chi connectivity index (χ0) is 14.0. The summed E-state index contributed by atoms with van der Waals surface area (Å²) in [4.78, 5) is 10.5. The van der Waals surface area contributed by atoms with Crippen LogP contribution in [0, 0.1) is 11.6 Å². The highest BCUT2D eigenvalue weighted by Gasteiger charge is 2.15. The molecule has 2 rings (SSSR count). The summed E-state index contributed by atoms with van der Waals surface area (Å²) < 4.78 is 28.2. The number of hydrogen-bond acceptors (Lipinski definition) is 4. The quantitative estimate of drug-likeness (QED) is 0.678. The second-order valence-corrected chi connectivity index (χ2v) is 5.18. The van der Waals surface area contributed by atoms with Crippen LogP contribution >= 0.6 is 27.7 Å². The third-order valence-corrected chi connectivity index (χ3v) is 3.63. The van der Waals surface area contributed by atoms with E-state index in [1.54, 1.807) is 0 Å². The lowest BCUT2D eigenvalue weighted by Gasteiger charge is -2.07. The van der Waals surface area contributed by atoms with Gasteiger partial charge in [-0.3, -0.25) is 9.36 Å². The van der Waals surface area contributed by atoms with Crippen LogP contribution in [0.5, 0.6) is 0 Å². The minimum Gasteiger partial charge on any atom is -0.481 e. The van der Waals surface area contributed by atoms with E-state index in [0.717, 1.165) is 17.8 Å². The highest BCUT2D eigenvalue weighted by Crippen LogP contribution is 2.26. The number of rotatable bonds is 4. The van der Waals surface area contributed by atoms with E-state index in [0.29, 0.717) is 0 Å². The summed E-state index contributed by atoms with van der Waals surface area (Å²) in [6.45, 7) is 0. The topological polar surface area (TPSA) is 68.0 Å². The van der Waals surface area contributed by atoms with Gasteiger partial charge >= 0.3 is 5.97 Å². The lowest BCUT2D eigenvalue weighted by molar-refractivity contribution is -0.133. The molecule has 0 amide bonds. The van der Waals surface area contributed by atoms with E-state index in [1.165, 1.54) is 17.0 Å². The number of hydrogen-bond donors (Lipinski definition) is 1. The predicted octanol–water partition coefficient (Wildman–Crippen LogP) is 2.48. The molecule has 0 aliphatic heterocycles. The largest absolute Gasteiger partial charge is 0.481 e. The molecule has 5 nitrogen and oxygen atoms in total. The highest BCUT2D eigenvalue weighted by molar-refractivity contribution is 9.10. The van der Waals surface area contributed by atoms with Crippen LogP contribution in [-0.4, -0.2) is 31.6 Å². The van der Waals surface area contributed by atoms with Crippen molar-refractivity contribution in [2.24, 2.45) is 0 Å². The summed E-state index contributed by atoms with van der Waals surface area (Å²) in [5.74, 6) is -2.78. The van der Waals surface area contributed by atoms with Crippen molar-refractivity contribution < 1.29 is 18.7 Å². The maximum absolute atomic E-state index is 13.7. The fraction of sp³-hybridized carbons (Fsp3) is 0.100. The van der Waals surface area contributed by atoms with Crippen LogP contribution in [0.4, 0.5) is 8.78 Å². The van der Waals surface area contributed by atoms with Crippen molar-refractivity contribution in [1.82, 2.24) is 14.8 Å². The van der Waals surface area contributed by atoms with Gasteiger partial charge in [0.2, 0.25) is 0 Å². The van der Waals surface area contributed by atoms with Crippen molar-refractivity contribution in [3.63, 3.8) is 0 Å². The van der Waals surface area contributed by atoms with Gasteiger partial charge in [-0.05, 0) is 22.0 Å². The first-order valence-corrected chi connectivity index (χ1v) is 6.66. The number of carboxylic acids is 1. The third kappa shape index (κ3) is 3.10. The Hall–Kier alpha value is -1.48. The zero-order valence-corrected chi connectivity index (χ0v) is 11.6. The van der Waals surface area contributed by atoms with Crippen molar-refractivity contribution >= 4 is 33.7 Å². The van der Waals surface area contributed by atoms with E-state index in [-0.39, 0.29) is 21.1 Å². The van der Waals surface area contributed by atoms with E-state index >= 15 is 0 Å². The molecule has 0 radical (unpaired) electrons. The lowest BCUT2D eigenvalue weighted by atomic mass is 10.3. The van der Waals surface area contributed by atoms with Gasteiger partial charge in [-0.15, -0.1) is 10.2 Å². The van der Waals surface area contributed by atoms with Crippen molar-refractivity contribution in [3.8, 4) is 5.69 Å². The number of aliphatic carboxylic acids is 1. The van der Waals surface area contributed by atoms with Crippen LogP contribution in [0.2, 0.25) is 0 Å². The van der Waals surface area contributed by atoms with E-state index in [4.69, 9.17) is 5.11 Å². The minimum absolute atomic E-state index is 0.0335. The summed E-state index contributed by atoms with van der Waals surface area (Å²) >= 11 is 3.85. The normalized spacial score (nSPS) is 10.7. The predicted molar refractivity (Wildman–Crippen MR) is 67.3 cm³/mol. The molecule has 1 heterocycles. The first-order valence-electron chi connectivity index (χ1n) is 4.88. The number of carboxylic acid groups (broad SMARTS) is 1. The Morgan fingerprint density at radius 1 is 1.42 bits per heavy atom. The maximum Gasteiger partial charge on any atom is 0.313 e. The van der Waals surface area contributed by atoms with Crippen LogP contribution in [0.15, 0.2) is 28.1 Å². The number of halogens is 3. The first kappa shape index (κ1) is 13.9. The van der Waals surface area contributed by atoms with Crippen LogP contribution in [0.3, 0.4) is 0 Å². The molecule has 0 fully saturated rings. The monoisotopic (exact) mass is 349 g/mol. The molecule has 0 atom stereocenters. The lowest BCUT2D eigenvalue weighted by Crippen LogP contribution is -2.03. The minimum atomic E-state index is -1.03. The molecule has 0 aliphatic carbocycles. The van der Waals surface area contributed by atoms with Gasteiger partial charge in [0.1, 0.15) is 18.0 Å².